The topological polar surface area (TPSA) is 156 Å². The van der Waals surface area contributed by atoms with Crippen molar-refractivity contribution in [3.8, 4) is 0 Å². The number of nitrogens with two attached hydrogens (primary N) is 2. The molecule has 0 spiro atoms. The molecule has 2 aromatic heterocycles. The van der Waals surface area contributed by atoms with E-state index in [-0.39, 0.29) is 18.4 Å². The van der Waals surface area contributed by atoms with Gasteiger partial charge in [-0.3, -0.25) is 4.57 Å². The van der Waals surface area contributed by atoms with Gasteiger partial charge in [-0.2, -0.15) is 9.97 Å². The van der Waals surface area contributed by atoms with E-state index in [0.717, 1.165) is 0 Å². The van der Waals surface area contributed by atoms with Gasteiger partial charge in [0.2, 0.25) is 5.95 Å². The highest BCUT2D eigenvalue weighted by atomic mass is 32.2. The maximum atomic E-state index is 10.1. The van der Waals surface area contributed by atoms with Crippen LogP contribution >= 0.6 is 11.8 Å². The van der Waals surface area contributed by atoms with E-state index in [9.17, 15) is 15.3 Å². The van der Waals surface area contributed by atoms with Crippen LogP contribution in [-0.4, -0.2) is 58.9 Å². The molecule has 1 saturated heterocycles. The highest BCUT2D eigenvalue weighted by Gasteiger charge is 2.43. The van der Waals surface area contributed by atoms with Crippen molar-refractivity contribution in [2.45, 2.75) is 22.8 Å². The molecular formula is C10H14N6O3S. The van der Waals surface area contributed by atoms with Crippen molar-refractivity contribution in [3.05, 3.63) is 6.33 Å². The summed E-state index contributed by atoms with van der Waals surface area (Å²) >= 11 is 1.24. The molecule has 9 nitrogen and oxygen atoms in total. The van der Waals surface area contributed by atoms with Gasteiger partial charge in [0.05, 0.1) is 24.3 Å². The van der Waals surface area contributed by atoms with Gasteiger partial charge < -0.3 is 26.8 Å². The molecule has 1 fully saturated rings. The molecule has 0 radical (unpaired) electrons. The predicted octanol–water partition coefficient (Wildman–Crippen LogP) is -1.68. The molecule has 3 rings (SSSR count). The Bertz CT molecular complexity index is 649. The van der Waals surface area contributed by atoms with E-state index in [1.807, 2.05) is 0 Å². The molecule has 10 heteroatoms. The maximum absolute atomic E-state index is 10.1. The Hall–Kier alpha value is -1.62. The fraction of sp³-hybridized carbons (Fsp3) is 0.500. The zero-order valence-corrected chi connectivity index (χ0v) is 11.1. The number of thioether (sulfide) groups is 1. The second-order valence-corrected chi connectivity index (χ2v) is 5.88. The summed E-state index contributed by atoms with van der Waals surface area (Å²) < 4.78 is 1.58. The minimum atomic E-state index is -1.05. The first kappa shape index (κ1) is 13.4. The molecule has 7 N–H and O–H groups in total. The van der Waals surface area contributed by atoms with Gasteiger partial charge in [-0.1, -0.05) is 0 Å². The number of aliphatic hydroxyl groups excluding tert-OH is 3. The first-order valence-electron chi connectivity index (χ1n) is 5.91. The average Bonchev–Trinajstić information content (AvgIpc) is 2.93. The van der Waals surface area contributed by atoms with Crippen molar-refractivity contribution in [3.63, 3.8) is 0 Å². The van der Waals surface area contributed by atoms with Gasteiger partial charge in [0.15, 0.2) is 11.5 Å². The van der Waals surface area contributed by atoms with Gasteiger partial charge in [0, 0.05) is 0 Å². The lowest BCUT2D eigenvalue weighted by Crippen LogP contribution is -2.32. The van der Waals surface area contributed by atoms with Crippen molar-refractivity contribution >= 4 is 34.7 Å². The summed E-state index contributed by atoms with van der Waals surface area (Å²) in [4.78, 5) is 12.0. The molecule has 1 unspecified atom stereocenters. The quantitative estimate of drug-likeness (QED) is 0.436. The van der Waals surface area contributed by atoms with Crippen LogP contribution < -0.4 is 11.5 Å². The zero-order valence-electron chi connectivity index (χ0n) is 10.3. The molecule has 0 aromatic carbocycles. The number of anilines is 2. The molecule has 20 heavy (non-hydrogen) atoms. The fourth-order valence-corrected chi connectivity index (χ4v) is 3.63. The zero-order chi connectivity index (χ0) is 14.4. The number of rotatable bonds is 2. The monoisotopic (exact) mass is 298 g/mol. The summed E-state index contributed by atoms with van der Waals surface area (Å²) in [6.07, 6.45) is -0.612. The van der Waals surface area contributed by atoms with Crippen LogP contribution in [-0.2, 0) is 0 Å². The fourth-order valence-electron chi connectivity index (χ4n) is 2.25. The standard InChI is InChI=1S/C10H14N6O3S/c11-7-4-8(15-10(12)14-7)16(2-13-4)9-6(19)5(18)3(1-17)20-9/h2-3,5-6,9,17-19H,1H2,(H4,11,12,14,15)/t3-,5+,6?,9-/m1/s1. The second kappa shape index (κ2) is 4.74. The Labute approximate surface area is 117 Å². The van der Waals surface area contributed by atoms with Crippen LogP contribution in [0, 0.1) is 0 Å². The minimum absolute atomic E-state index is 0.00786. The number of fused-ring (bicyclic) bond motifs is 1. The Morgan fingerprint density at radius 2 is 2.00 bits per heavy atom. The number of imidazole rings is 1. The summed E-state index contributed by atoms with van der Waals surface area (Å²) in [5, 5.41) is 28.1. The van der Waals surface area contributed by atoms with Crippen LogP contribution in [0.4, 0.5) is 11.8 Å². The smallest absolute Gasteiger partial charge is 0.224 e. The molecule has 2 aromatic rings. The van der Waals surface area contributed by atoms with E-state index in [4.69, 9.17) is 11.5 Å². The highest BCUT2D eigenvalue weighted by molar-refractivity contribution is 8.00. The molecule has 1 aliphatic heterocycles. The normalized spacial score (nSPS) is 30.1. The number of aromatic nitrogens is 4. The molecule has 0 amide bonds. The average molecular weight is 298 g/mol. The largest absolute Gasteiger partial charge is 0.395 e. The molecule has 0 saturated carbocycles. The van der Waals surface area contributed by atoms with Crippen LogP contribution in [0.5, 0.6) is 0 Å². The molecule has 108 valence electrons. The summed E-state index contributed by atoms with van der Waals surface area (Å²) in [5.41, 5.74) is 12.1. The first-order chi connectivity index (χ1) is 9.52. The Morgan fingerprint density at radius 3 is 2.65 bits per heavy atom. The molecule has 1 aliphatic rings. The van der Waals surface area contributed by atoms with Crippen molar-refractivity contribution in [1.82, 2.24) is 19.5 Å². The molecule has 0 bridgehead atoms. The van der Waals surface area contributed by atoms with Crippen molar-refractivity contribution < 1.29 is 15.3 Å². The minimum Gasteiger partial charge on any atom is -0.395 e. The highest BCUT2D eigenvalue weighted by Crippen LogP contribution is 2.42. The number of nitrogen functional groups attached to an aromatic ring is 2. The molecule has 0 aliphatic carbocycles. The summed E-state index contributed by atoms with van der Waals surface area (Å²) in [7, 11) is 0. The number of aliphatic hydroxyl groups is 3. The van der Waals surface area contributed by atoms with E-state index < -0.39 is 22.8 Å². The molecule has 4 atom stereocenters. The van der Waals surface area contributed by atoms with Crippen LogP contribution in [0.25, 0.3) is 11.2 Å². The SMILES string of the molecule is Nc1nc(N)c2ncn([C@@H]3S[C@H](CO)[C@H](O)C3O)c2n1. The van der Waals surface area contributed by atoms with E-state index in [2.05, 4.69) is 15.0 Å². The Balaban J connectivity index is 2.07. The van der Waals surface area contributed by atoms with E-state index >= 15 is 0 Å². The number of hydrogen-bond donors (Lipinski definition) is 5. The maximum Gasteiger partial charge on any atom is 0.224 e. The third-order valence-electron chi connectivity index (χ3n) is 3.26. The third kappa shape index (κ3) is 1.88. The van der Waals surface area contributed by atoms with Crippen molar-refractivity contribution in [2.24, 2.45) is 0 Å². The van der Waals surface area contributed by atoms with Crippen molar-refractivity contribution in [2.75, 3.05) is 18.1 Å². The lowest BCUT2D eigenvalue weighted by atomic mass is 10.1. The van der Waals surface area contributed by atoms with Gasteiger partial charge in [0.1, 0.15) is 17.0 Å². The van der Waals surface area contributed by atoms with E-state index in [1.54, 1.807) is 4.57 Å². The molecule has 3 heterocycles. The van der Waals surface area contributed by atoms with Gasteiger partial charge in [-0.15, -0.1) is 11.8 Å². The van der Waals surface area contributed by atoms with Crippen LogP contribution in [0.1, 0.15) is 5.37 Å². The summed E-state index contributed by atoms with van der Waals surface area (Å²) in [6, 6.07) is 0. The van der Waals surface area contributed by atoms with Gasteiger partial charge in [0.25, 0.3) is 0 Å². The lowest BCUT2D eigenvalue weighted by Gasteiger charge is -2.17. The lowest BCUT2D eigenvalue weighted by molar-refractivity contribution is 0.0113. The summed E-state index contributed by atoms with van der Waals surface area (Å²) in [6.45, 7) is -0.231. The number of nitrogens with zero attached hydrogens (tertiary/aromatic N) is 4. The van der Waals surface area contributed by atoms with Gasteiger partial charge in [-0.05, 0) is 0 Å². The molecular weight excluding hydrogens is 284 g/mol. The second-order valence-electron chi connectivity index (χ2n) is 4.52. The van der Waals surface area contributed by atoms with Crippen LogP contribution in [0.2, 0.25) is 0 Å². The first-order valence-corrected chi connectivity index (χ1v) is 6.85. The van der Waals surface area contributed by atoms with Gasteiger partial charge >= 0.3 is 0 Å². The number of hydrogen-bond acceptors (Lipinski definition) is 9. The summed E-state index contributed by atoms with van der Waals surface area (Å²) in [5.74, 6) is 0.163. The van der Waals surface area contributed by atoms with Crippen LogP contribution in [0.3, 0.4) is 0 Å². The Kier molecular flexibility index (Phi) is 3.17. The Morgan fingerprint density at radius 1 is 1.25 bits per heavy atom. The van der Waals surface area contributed by atoms with E-state index in [1.165, 1.54) is 18.1 Å². The van der Waals surface area contributed by atoms with Crippen LogP contribution in [0.15, 0.2) is 6.33 Å². The van der Waals surface area contributed by atoms with E-state index in [0.29, 0.717) is 11.2 Å². The van der Waals surface area contributed by atoms with Gasteiger partial charge in [-0.25, -0.2) is 4.98 Å². The third-order valence-corrected chi connectivity index (χ3v) is 4.82. The van der Waals surface area contributed by atoms with Crippen molar-refractivity contribution in [1.29, 1.82) is 0 Å². The predicted molar refractivity (Wildman–Crippen MR) is 73.7 cm³/mol.